The molecule has 1 aliphatic heterocycles. The van der Waals surface area contributed by atoms with E-state index in [0.29, 0.717) is 22.5 Å². The summed E-state index contributed by atoms with van der Waals surface area (Å²) in [7, 11) is 0. The van der Waals surface area contributed by atoms with Crippen LogP contribution in [0.4, 0.5) is 22.0 Å². The fraction of sp³-hybridized carbons (Fsp3) is 0.400. The Balaban J connectivity index is 1.38. The van der Waals surface area contributed by atoms with Crippen molar-refractivity contribution in [3.63, 3.8) is 0 Å². The number of benzene rings is 1. The smallest absolute Gasteiger partial charge is 0.260 e. The van der Waals surface area contributed by atoms with Gasteiger partial charge in [-0.05, 0) is 13.2 Å². The third kappa shape index (κ3) is 5.10. The van der Waals surface area contributed by atoms with E-state index in [4.69, 9.17) is 9.47 Å². The summed E-state index contributed by atoms with van der Waals surface area (Å²) in [4.78, 5) is 22.3. The molecule has 0 saturated carbocycles. The van der Waals surface area contributed by atoms with Crippen molar-refractivity contribution >= 4 is 23.4 Å². The zero-order valence-electron chi connectivity index (χ0n) is 18.4. The van der Waals surface area contributed by atoms with E-state index in [0.717, 1.165) is 0 Å². The molecular weight excluding hydrogens is 501 g/mol. The van der Waals surface area contributed by atoms with Gasteiger partial charge in [0.05, 0.1) is 13.2 Å². The van der Waals surface area contributed by atoms with Crippen molar-refractivity contribution in [3.05, 3.63) is 40.8 Å². The first kappa shape index (κ1) is 24.9. The maximum atomic E-state index is 13.8. The van der Waals surface area contributed by atoms with Gasteiger partial charge in [-0.3, -0.25) is 4.79 Å². The van der Waals surface area contributed by atoms with E-state index in [9.17, 15) is 26.7 Å². The minimum absolute atomic E-state index is 0.0231. The molecule has 3 heterocycles. The molecule has 3 aromatic rings. The maximum absolute atomic E-state index is 13.8. The van der Waals surface area contributed by atoms with E-state index in [-0.39, 0.29) is 26.3 Å². The van der Waals surface area contributed by atoms with Crippen LogP contribution >= 0.6 is 11.8 Å². The molecule has 0 aliphatic carbocycles. The number of amides is 1. The lowest BCUT2D eigenvalue weighted by molar-refractivity contribution is -0.142. The SMILES string of the molecule is CSc1nc2nc(C)cc(OCC3CN(C(=O)COc4c(F)c(F)c(F)c(F)c4F)CCO3)n2n1. The van der Waals surface area contributed by atoms with Gasteiger partial charge >= 0.3 is 0 Å². The minimum Gasteiger partial charge on any atom is -0.477 e. The summed E-state index contributed by atoms with van der Waals surface area (Å²) in [6, 6.07) is 1.66. The second kappa shape index (κ2) is 10.2. The molecule has 0 radical (unpaired) electrons. The zero-order chi connectivity index (χ0) is 25.3. The summed E-state index contributed by atoms with van der Waals surface area (Å²) in [5, 5.41) is 4.79. The molecule has 15 heteroatoms. The maximum Gasteiger partial charge on any atom is 0.260 e. The number of fused-ring (bicyclic) bond motifs is 1. The second-order valence-electron chi connectivity index (χ2n) is 7.38. The number of aryl methyl sites for hydroxylation is 1. The topological polar surface area (TPSA) is 91.1 Å². The summed E-state index contributed by atoms with van der Waals surface area (Å²) in [6.45, 7) is 1.16. The number of hydrogen-bond acceptors (Lipinski definition) is 8. The number of carbonyl (C=O) groups excluding carboxylic acids is 1. The number of aromatic nitrogens is 4. The van der Waals surface area contributed by atoms with Crippen molar-refractivity contribution < 1.29 is 41.0 Å². The second-order valence-corrected chi connectivity index (χ2v) is 8.15. The first-order chi connectivity index (χ1) is 16.7. The highest BCUT2D eigenvalue weighted by Gasteiger charge is 2.29. The molecule has 0 bridgehead atoms. The van der Waals surface area contributed by atoms with Crippen LogP contribution < -0.4 is 9.47 Å². The Morgan fingerprint density at radius 1 is 1.11 bits per heavy atom. The number of hydrogen-bond donors (Lipinski definition) is 0. The number of thioether (sulfide) groups is 1. The lowest BCUT2D eigenvalue weighted by Gasteiger charge is -2.32. The third-order valence-corrected chi connectivity index (χ3v) is 5.53. The van der Waals surface area contributed by atoms with Crippen LogP contribution in [0.3, 0.4) is 0 Å². The van der Waals surface area contributed by atoms with Gasteiger partial charge in [0.1, 0.15) is 12.7 Å². The molecule has 0 spiro atoms. The third-order valence-electron chi connectivity index (χ3n) is 4.99. The zero-order valence-corrected chi connectivity index (χ0v) is 19.2. The van der Waals surface area contributed by atoms with Crippen molar-refractivity contribution in [2.24, 2.45) is 0 Å². The average molecular weight is 519 g/mol. The molecule has 1 aliphatic rings. The van der Waals surface area contributed by atoms with Crippen LogP contribution in [0.15, 0.2) is 11.2 Å². The first-order valence-electron chi connectivity index (χ1n) is 10.1. The summed E-state index contributed by atoms with van der Waals surface area (Å²) < 4.78 is 84.8. The molecule has 1 fully saturated rings. The normalized spacial score (nSPS) is 16.1. The van der Waals surface area contributed by atoms with Crippen molar-refractivity contribution in [2.75, 3.05) is 39.2 Å². The number of rotatable bonds is 7. The Morgan fingerprint density at radius 3 is 2.49 bits per heavy atom. The fourth-order valence-electron chi connectivity index (χ4n) is 3.29. The monoisotopic (exact) mass is 519 g/mol. The number of morpholine rings is 1. The summed E-state index contributed by atoms with van der Waals surface area (Å²) in [6.07, 6.45) is 1.24. The van der Waals surface area contributed by atoms with Crippen molar-refractivity contribution in [1.29, 1.82) is 0 Å². The summed E-state index contributed by atoms with van der Waals surface area (Å²) in [5.74, 6) is -12.5. The van der Waals surface area contributed by atoms with E-state index in [1.165, 1.54) is 21.2 Å². The van der Waals surface area contributed by atoms with Gasteiger partial charge in [-0.1, -0.05) is 11.8 Å². The molecule has 1 aromatic carbocycles. The van der Waals surface area contributed by atoms with Crippen LogP contribution in [0.25, 0.3) is 5.78 Å². The molecule has 1 atom stereocenters. The van der Waals surface area contributed by atoms with Gasteiger partial charge in [-0.25, -0.2) is 18.2 Å². The van der Waals surface area contributed by atoms with Crippen molar-refractivity contribution in [1.82, 2.24) is 24.5 Å². The number of halogens is 5. The fourth-order valence-corrected chi connectivity index (χ4v) is 3.62. The molecular formula is C20H18F5N5O4S. The highest BCUT2D eigenvalue weighted by molar-refractivity contribution is 7.98. The van der Waals surface area contributed by atoms with E-state index < -0.39 is 53.5 Å². The summed E-state index contributed by atoms with van der Waals surface area (Å²) >= 11 is 1.34. The summed E-state index contributed by atoms with van der Waals surface area (Å²) in [5.41, 5.74) is 0.652. The van der Waals surface area contributed by atoms with E-state index >= 15 is 0 Å². The average Bonchev–Trinajstić information content (AvgIpc) is 3.28. The highest BCUT2D eigenvalue weighted by Crippen LogP contribution is 2.29. The predicted octanol–water partition coefficient (Wildman–Crippen LogP) is 2.54. The quantitative estimate of drug-likeness (QED) is 0.204. The molecule has 2 aromatic heterocycles. The molecule has 9 nitrogen and oxygen atoms in total. The van der Waals surface area contributed by atoms with E-state index in [1.807, 2.05) is 6.26 Å². The Labute approximate surface area is 199 Å². The van der Waals surface area contributed by atoms with Crippen molar-refractivity contribution in [2.45, 2.75) is 18.2 Å². The van der Waals surface area contributed by atoms with E-state index in [2.05, 4.69) is 19.8 Å². The van der Waals surface area contributed by atoms with Gasteiger partial charge < -0.3 is 19.1 Å². The lowest BCUT2D eigenvalue weighted by atomic mass is 10.2. The number of ether oxygens (including phenoxy) is 3. The van der Waals surface area contributed by atoms with Crippen LogP contribution in [-0.4, -0.2) is 75.7 Å². The minimum atomic E-state index is -2.31. The molecule has 4 rings (SSSR count). The van der Waals surface area contributed by atoms with Gasteiger partial charge in [-0.2, -0.15) is 18.3 Å². The molecule has 188 valence electrons. The van der Waals surface area contributed by atoms with Gasteiger partial charge in [0.25, 0.3) is 11.7 Å². The van der Waals surface area contributed by atoms with Crippen LogP contribution in [0, 0.1) is 36.0 Å². The molecule has 0 N–H and O–H groups in total. The van der Waals surface area contributed by atoms with Gasteiger partial charge in [0.2, 0.25) is 40.1 Å². The van der Waals surface area contributed by atoms with Crippen molar-refractivity contribution in [3.8, 4) is 11.6 Å². The molecule has 1 amide bonds. The van der Waals surface area contributed by atoms with Gasteiger partial charge in [0, 0.05) is 18.3 Å². The van der Waals surface area contributed by atoms with Gasteiger partial charge in [0.15, 0.2) is 12.4 Å². The Bertz CT molecular complexity index is 1250. The van der Waals surface area contributed by atoms with Gasteiger partial charge in [-0.15, -0.1) is 5.10 Å². The lowest BCUT2D eigenvalue weighted by Crippen LogP contribution is -2.49. The standard InChI is InChI=1S/C20H18F5N5O4S/c1-9-5-12(30-19(26-9)27-20(28-30)35-2)33-7-10-6-29(3-4-32-10)11(31)8-34-18-16(24)14(22)13(21)15(23)17(18)25/h5,10H,3-4,6-8H2,1-2H3. The Hall–Kier alpha value is -3.20. The van der Waals surface area contributed by atoms with Crippen LogP contribution in [-0.2, 0) is 9.53 Å². The number of carbonyl (C=O) groups is 1. The van der Waals surface area contributed by atoms with Crippen LogP contribution in [0.2, 0.25) is 0 Å². The Kier molecular flexibility index (Phi) is 7.25. The predicted molar refractivity (Wildman–Crippen MR) is 111 cm³/mol. The number of nitrogens with zero attached hydrogens (tertiary/aromatic N) is 5. The largest absolute Gasteiger partial charge is 0.477 e. The molecule has 1 saturated heterocycles. The van der Waals surface area contributed by atoms with E-state index in [1.54, 1.807) is 13.0 Å². The van der Waals surface area contributed by atoms with Crippen LogP contribution in [0.5, 0.6) is 11.6 Å². The van der Waals surface area contributed by atoms with Crippen LogP contribution in [0.1, 0.15) is 5.69 Å². The highest BCUT2D eigenvalue weighted by atomic mass is 32.2. The molecule has 1 unspecified atom stereocenters. The Morgan fingerprint density at radius 2 is 1.80 bits per heavy atom. The first-order valence-corrected chi connectivity index (χ1v) is 11.4. The molecule has 35 heavy (non-hydrogen) atoms.